The van der Waals surface area contributed by atoms with Crippen LogP contribution in [0.3, 0.4) is 0 Å². The van der Waals surface area contributed by atoms with Crippen molar-refractivity contribution in [1.29, 1.82) is 0 Å². The van der Waals surface area contributed by atoms with E-state index < -0.39 is 11.8 Å². The van der Waals surface area contributed by atoms with Gasteiger partial charge in [-0.1, -0.05) is 12.1 Å². The van der Waals surface area contributed by atoms with Gasteiger partial charge in [-0.05, 0) is 12.1 Å². The molecule has 0 aliphatic carbocycles. The molecular weight excluding hydrogens is 213 g/mol. The maximum atomic E-state index is 13.4. The quantitative estimate of drug-likeness (QED) is 0.763. The summed E-state index contributed by atoms with van der Waals surface area (Å²) < 4.78 is 13.4. The summed E-state index contributed by atoms with van der Waals surface area (Å²) in [5, 5.41) is 1.19. The van der Waals surface area contributed by atoms with Gasteiger partial charge in [0, 0.05) is 7.05 Å². The van der Waals surface area contributed by atoms with Gasteiger partial charge in [-0.3, -0.25) is 14.7 Å². The summed E-state index contributed by atoms with van der Waals surface area (Å²) in [6.07, 6.45) is 0. The van der Waals surface area contributed by atoms with Gasteiger partial charge in [-0.25, -0.2) is 14.6 Å². The smallest absolute Gasteiger partial charge is 0.272 e. The number of carbonyl (C=O) groups excluding carboxylic acids is 2. The number of amides is 3. The monoisotopic (exact) mass is 223 g/mol. The van der Waals surface area contributed by atoms with Gasteiger partial charge in [-0.2, -0.15) is 0 Å². The second-order valence-corrected chi connectivity index (χ2v) is 3.41. The van der Waals surface area contributed by atoms with Crippen LogP contribution < -0.4 is 10.4 Å². The number of nitrogens with zero attached hydrogens (tertiary/aromatic N) is 2. The lowest BCUT2D eigenvalue weighted by Gasteiger charge is -2.32. The molecule has 6 heteroatoms. The Morgan fingerprint density at radius 1 is 1.31 bits per heavy atom. The molecule has 0 bridgehead atoms. The average Bonchev–Trinajstić information content (AvgIpc) is 2.26. The lowest BCUT2D eigenvalue weighted by atomic mass is 10.3. The van der Waals surface area contributed by atoms with Crippen molar-refractivity contribution in [3.05, 3.63) is 30.1 Å². The van der Waals surface area contributed by atoms with E-state index in [1.54, 1.807) is 12.1 Å². The van der Waals surface area contributed by atoms with Crippen molar-refractivity contribution >= 4 is 17.6 Å². The van der Waals surface area contributed by atoms with E-state index in [1.807, 2.05) is 0 Å². The molecule has 1 heterocycles. The molecule has 5 nitrogen and oxygen atoms in total. The Morgan fingerprint density at radius 2 is 2.00 bits per heavy atom. The number of anilines is 1. The Kier molecular flexibility index (Phi) is 2.47. The van der Waals surface area contributed by atoms with Crippen LogP contribution in [0.15, 0.2) is 24.3 Å². The number of halogens is 1. The van der Waals surface area contributed by atoms with E-state index >= 15 is 0 Å². The van der Waals surface area contributed by atoms with E-state index in [0.717, 1.165) is 4.90 Å². The first-order valence-electron chi connectivity index (χ1n) is 4.69. The Labute approximate surface area is 91.4 Å². The van der Waals surface area contributed by atoms with E-state index in [9.17, 15) is 14.0 Å². The Hall–Kier alpha value is -2.11. The summed E-state index contributed by atoms with van der Waals surface area (Å²) >= 11 is 0. The standard InChI is InChI=1S/C10H10FN3O2/c1-13-9(15)6-14(12-10(13)16)8-5-3-2-4-7(8)11/h2-5H,6H2,1H3,(H,12,16). The first kappa shape index (κ1) is 10.4. The van der Waals surface area contributed by atoms with Crippen molar-refractivity contribution in [3.8, 4) is 0 Å². The Balaban J connectivity index is 2.27. The molecule has 84 valence electrons. The van der Waals surface area contributed by atoms with Crippen LogP contribution in [0.4, 0.5) is 14.9 Å². The summed E-state index contributed by atoms with van der Waals surface area (Å²) in [7, 11) is 1.37. The fourth-order valence-corrected chi connectivity index (χ4v) is 1.40. The van der Waals surface area contributed by atoms with E-state index in [0.29, 0.717) is 0 Å². The van der Waals surface area contributed by atoms with Crippen LogP contribution in [0.1, 0.15) is 0 Å². The highest BCUT2D eigenvalue weighted by Gasteiger charge is 2.28. The van der Waals surface area contributed by atoms with Crippen molar-refractivity contribution < 1.29 is 14.0 Å². The van der Waals surface area contributed by atoms with Crippen LogP contribution in [0, 0.1) is 5.82 Å². The molecule has 2 rings (SSSR count). The fourth-order valence-electron chi connectivity index (χ4n) is 1.40. The van der Waals surface area contributed by atoms with Crippen molar-refractivity contribution in [1.82, 2.24) is 10.3 Å². The highest BCUT2D eigenvalue weighted by atomic mass is 19.1. The number of para-hydroxylation sites is 1. The minimum absolute atomic E-state index is 0.0802. The number of hydrazine groups is 1. The summed E-state index contributed by atoms with van der Waals surface area (Å²) in [5.74, 6) is -0.868. The molecule has 0 aromatic heterocycles. The first-order valence-corrected chi connectivity index (χ1v) is 4.69. The number of urea groups is 1. The summed E-state index contributed by atoms with van der Waals surface area (Å²) in [6, 6.07) is 5.37. The lowest BCUT2D eigenvalue weighted by molar-refractivity contribution is -0.126. The third-order valence-electron chi connectivity index (χ3n) is 2.35. The highest BCUT2D eigenvalue weighted by molar-refractivity contribution is 5.99. The number of imide groups is 1. The number of hydrogen-bond acceptors (Lipinski definition) is 3. The zero-order valence-electron chi connectivity index (χ0n) is 8.61. The van der Waals surface area contributed by atoms with Crippen LogP contribution in [0.2, 0.25) is 0 Å². The van der Waals surface area contributed by atoms with E-state index in [1.165, 1.54) is 24.2 Å². The summed E-state index contributed by atoms with van der Waals surface area (Å²) in [6.45, 7) is -0.0802. The van der Waals surface area contributed by atoms with Gasteiger partial charge in [0.05, 0.1) is 5.69 Å². The van der Waals surface area contributed by atoms with Crippen molar-refractivity contribution in [2.75, 3.05) is 18.6 Å². The van der Waals surface area contributed by atoms with Crippen LogP contribution in [0.5, 0.6) is 0 Å². The third-order valence-corrected chi connectivity index (χ3v) is 2.35. The van der Waals surface area contributed by atoms with Crippen molar-refractivity contribution in [2.45, 2.75) is 0 Å². The molecule has 1 aliphatic heterocycles. The SMILES string of the molecule is CN1C(=O)CN(c2ccccc2F)NC1=O. The summed E-state index contributed by atoms with van der Waals surface area (Å²) in [5.41, 5.74) is 2.59. The molecule has 16 heavy (non-hydrogen) atoms. The second-order valence-electron chi connectivity index (χ2n) is 3.41. The third kappa shape index (κ3) is 1.69. The molecular formula is C10H10FN3O2. The highest BCUT2D eigenvalue weighted by Crippen LogP contribution is 2.18. The zero-order chi connectivity index (χ0) is 11.7. The van der Waals surface area contributed by atoms with E-state index in [2.05, 4.69) is 5.43 Å². The van der Waals surface area contributed by atoms with Gasteiger partial charge in [0.15, 0.2) is 0 Å². The second kappa shape index (κ2) is 3.80. The molecule has 1 fully saturated rings. The molecule has 0 radical (unpaired) electrons. The van der Waals surface area contributed by atoms with Gasteiger partial charge in [0.1, 0.15) is 12.4 Å². The first-order chi connectivity index (χ1) is 7.59. The predicted molar refractivity (Wildman–Crippen MR) is 55.0 cm³/mol. The number of carbonyl (C=O) groups is 2. The van der Waals surface area contributed by atoms with Gasteiger partial charge in [-0.15, -0.1) is 0 Å². The van der Waals surface area contributed by atoms with Crippen LogP contribution in [-0.2, 0) is 4.79 Å². The number of likely N-dealkylation sites (N-methyl/N-ethyl adjacent to an activating group) is 1. The van der Waals surface area contributed by atoms with Crippen LogP contribution >= 0.6 is 0 Å². The maximum absolute atomic E-state index is 13.4. The zero-order valence-corrected chi connectivity index (χ0v) is 8.61. The molecule has 1 N–H and O–H groups in total. The summed E-state index contributed by atoms with van der Waals surface area (Å²) in [4.78, 5) is 23.7. The van der Waals surface area contributed by atoms with Gasteiger partial charge < -0.3 is 0 Å². The minimum atomic E-state index is -0.570. The maximum Gasteiger partial charge on any atom is 0.342 e. The molecule has 0 spiro atoms. The Morgan fingerprint density at radius 3 is 2.62 bits per heavy atom. The number of rotatable bonds is 1. The molecule has 0 atom stereocenters. The normalized spacial score (nSPS) is 16.4. The molecule has 1 aliphatic rings. The fraction of sp³-hybridized carbons (Fsp3) is 0.200. The number of hydrogen-bond donors (Lipinski definition) is 1. The molecule has 0 saturated carbocycles. The molecule has 3 amide bonds. The van der Waals surface area contributed by atoms with Crippen LogP contribution in [-0.4, -0.2) is 30.4 Å². The van der Waals surface area contributed by atoms with Gasteiger partial charge >= 0.3 is 6.03 Å². The van der Waals surface area contributed by atoms with Crippen molar-refractivity contribution in [3.63, 3.8) is 0 Å². The topological polar surface area (TPSA) is 52.7 Å². The molecule has 1 aromatic rings. The van der Waals surface area contributed by atoms with E-state index in [4.69, 9.17) is 0 Å². The largest absolute Gasteiger partial charge is 0.342 e. The predicted octanol–water partition coefficient (Wildman–Crippen LogP) is 0.729. The van der Waals surface area contributed by atoms with Gasteiger partial charge in [0.2, 0.25) is 0 Å². The van der Waals surface area contributed by atoms with Crippen molar-refractivity contribution in [2.24, 2.45) is 0 Å². The van der Waals surface area contributed by atoms with Crippen LogP contribution in [0.25, 0.3) is 0 Å². The Bertz CT molecular complexity index is 431. The van der Waals surface area contributed by atoms with Gasteiger partial charge in [0.25, 0.3) is 5.91 Å². The number of nitrogens with one attached hydrogen (secondary N) is 1. The minimum Gasteiger partial charge on any atom is -0.272 e. The van der Waals surface area contributed by atoms with E-state index in [-0.39, 0.29) is 18.1 Å². The molecule has 1 aromatic carbocycles. The molecule has 1 saturated heterocycles. The average molecular weight is 223 g/mol. The number of benzene rings is 1. The lowest BCUT2D eigenvalue weighted by Crippen LogP contribution is -2.59. The molecule has 0 unspecified atom stereocenters.